The van der Waals surface area contributed by atoms with Crippen molar-refractivity contribution in [2.45, 2.75) is 17.3 Å². The van der Waals surface area contributed by atoms with Crippen LogP contribution < -0.4 is 10.9 Å². The van der Waals surface area contributed by atoms with Crippen LogP contribution in [0.2, 0.25) is 5.02 Å². The molecule has 2 aromatic carbocycles. The van der Waals surface area contributed by atoms with Crippen LogP contribution in [0.25, 0.3) is 11.4 Å². The highest BCUT2D eigenvalue weighted by atomic mass is 35.5. The van der Waals surface area contributed by atoms with Gasteiger partial charge in [0.2, 0.25) is 0 Å². The van der Waals surface area contributed by atoms with Crippen molar-refractivity contribution in [1.29, 1.82) is 0 Å². The highest BCUT2D eigenvalue weighted by molar-refractivity contribution is 8.00. The number of carbonyl (C=O) groups excluding carboxylic acids is 2. The molecule has 0 spiro atoms. The van der Waals surface area contributed by atoms with Gasteiger partial charge in [-0.3, -0.25) is 20.4 Å². The third kappa shape index (κ3) is 4.52. The Balaban J connectivity index is 1.62. The lowest BCUT2D eigenvalue weighted by Crippen LogP contribution is -2.44. The Kier molecular flexibility index (Phi) is 6.33. The molecule has 1 heterocycles. The van der Waals surface area contributed by atoms with E-state index in [4.69, 9.17) is 11.6 Å². The summed E-state index contributed by atoms with van der Waals surface area (Å²) in [7, 11) is 1.81. The fraction of sp³-hybridized carbons (Fsp3) is 0.158. The number of thioether (sulfide) groups is 1. The van der Waals surface area contributed by atoms with Crippen LogP contribution in [-0.4, -0.2) is 31.8 Å². The van der Waals surface area contributed by atoms with Gasteiger partial charge in [-0.25, -0.2) is 0 Å². The molecule has 3 aromatic rings. The van der Waals surface area contributed by atoms with Gasteiger partial charge in [-0.15, -0.1) is 10.2 Å². The van der Waals surface area contributed by atoms with E-state index in [-0.39, 0.29) is 11.8 Å². The minimum absolute atomic E-state index is 0.350. The first-order valence-corrected chi connectivity index (χ1v) is 9.69. The Morgan fingerprint density at radius 1 is 1.04 bits per heavy atom. The van der Waals surface area contributed by atoms with Crippen LogP contribution in [0.3, 0.4) is 0 Å². The zero-order valence-electron chi connectivity index (χ0n) is 15.2. The van der Waals surface area contributed by atoms with E-state index in [1.165, 1.54) is 11.8 Å². The molecule has 0 saturated carbocycles. The fourth-order valence-electron chi connectivity index (χ4n) is 2.39. The first-order valence-electron chi connectivity index (χ1n) is 8.43. The predicted molar refractivity (Wildman–Crippen MR) is 109 cm³/mol. The Bertz CT molecular complexity index is 993. The van der Waals surface area contributed by atoms with E-state index in [0.29, 0.717) is 21.6 Å². The van der Waals surface area contributed by atoms with Crippen molar-refractivity contribution < 1.29 is 9.59 Å². The van der Waals surface area contributed by atoms with Gasteiger partial charge in [0.05, 0.1) is 10.3 Å². The molecule has 7 nitrogen and oxygen atoms in total. The van der Waals surface area contributed by atoms with Crippen molar-refractivity contribution in [2.24, 2.45) is 7.05 Å². The number of halogens is 1. The molecule has 9 heteroatoms. The summed E-state index contributed by atoms with van der Waals surface area (Å²) < 4.78 is 1.78. The smallest absolute Gasteiger partial charge is 0.269 e. The van der Waals surface area contributed by atoms with Gasteiger partial charge in [0.1, 0.15) is 0 Å². The summed E-state index contributed by atoms with van der Waals surface area (Å²) in [4.78, 5) is 24.3. The highest BCUT2D eigenvalue weighted by Gasteiger charge is 2.20. The summed E-state index contributed by atoms with van der Waals surface area (Å²) in [6.07, 6.45) is 0. The molecule has 3 rings (SSSR count). The van der Waals surface area contributed by atoms with E-state index in [1.54, 1.807) is 41.8 Å². The molecule has 144 valence electrons. The summed E-state index contributed by atoms with van der Waals surface area (Å²) in [6.45, 7) is 1.72. The summed E-state index contributed by atoms with van der Waals surface area (Å²) in [5.41, 5.74) is 6.06. The van der Waals surface area contributed by atoms with E-state index in [2.05, 4.69) is 21.0 Å². The molecule has 1 aromatic heterocycles. The van der Waals surface area contributed by atoms with Crippen molar-refractivity contribution in [1.82, 2.24) is 25.6 Å². The molecule has 0 fully saturated rings. The molecule has 0 aliphatic heterocycles. The zero-order valence-corrected chi connectivity index (χ0v) is 16.8. The molecule has 0 bridgehead atoms. The Morgan fingerprint density at radius 3 is 2.43 bits per heavy atom. The molecule has 0 unspecified atom stereocenters. The minimum Gasteiger partial charge on any atom is -0.305 e. The van der Waals surface area contributed by atoms with Crippen molar-refractivity contribution in [3.05, 3.63) is 65.2 Å². The number of amides is 2. The first kappa shape index (κ1) is 19.9. The second-order valence-corrected chi connectivity index (χ2v) is 7.63. The van der Waals surface area contributed by atoms with Gasteiger partial charge >= 0.3 is 0 Å². The summed E-state index contributed by atoms with van der Waals surface area (Å²) in [5.74, 6) is -0.125. The molecule has 28 heavy (non-hydrogen) atoms. The van der Waals surface area contributed by atoms with E-state index in [0.717, 1.165) is 5.56 Å². The van der Waals surface area contributed by atoms with Crippen molar-refractivity contribution in [2.75, 3.05) is 0 Å². The van der Waals surface area contributed by atoms with Gasteiger partial charge in [-0.2, -0.15) is 0 Å². The standard InChI is InChI=1S/C19H18ClN5O2S/c1-12(17(26)22-23-18(27)13-8-4-3-5-9-13)28-19-24-21-16(25(19)2)14-10-6-7-11-15(14)20/h3-12H,1-2H3,(H,22,26)(H,23,27)/t12-/m0/s1. The van der Waals surface area contributed by atoms with Crippen LogP contribution in [0.4, 0.5) is 0 Å². The molecule has 1 atom stereocenters. The lowest BCUT2D eigenvalue weighted by molar-refractivity contribution is -0.121. The SMILES string of the molecule is C[C@H](Sc1nnc(-c2ccccc2Cl)n1C)C(=O)NNC(=O)c1ccccc1. The molecule has 0 radical (unpaired) electrons. The lowest BCUT2D eigenvalue weighted by Gasteiger charge is -2.12. The lowest BCUT2D eigenvalue weighted by atomic mass is 10.2. The third-order valence-corrected chi connectivity index (χ3v) is 5.40. The number of benzene rings is 2. The Hall–Kier alpha value is -2.84. The number of rotatable bonds is 5. The average Bonchev–Trinajstić information content (AvgIpc) is 3.07. The van der Waals surface area contributed by atoms with Crippen molar-refractivity contribution >= 4 is 35.2 Å². The van der Waals surface area contributed by atoms with Crippen LogP contribution in [0.15, 0.2) is 59.8 Å². The van der Waals surface area contributed by atoms with E-state index in [1.807, 2.05) is 31.3 Å². The molecule has 2 N–H and O–H groups in total. The van der Waals surface area contributed by atoms with Crippen LogP contribution >= 0.6 is 23.4 Å². The zero-order chi connectivity index (χ0) is 20.1. The molecular formula is C19H18ClN5O2S. The molecule has 2 amide bonds. The summed E-state index contributed by atoms with van der Waals surface area (Å²) in [5, 5.41) is 8.96. The van der Waals surface area contributed by atoms with Gasteiger partial charge < -0.3 is 4.57 Å². The molecule has 0 aliphatic rings. The monoisotopic (exact) mass is 415 g/mol. The highest BCUT2D eigenvalue weighted by Crippen LogP contribution is 2.29. The number of aromatic nitrogens is 3. The van der Waals surface area contributed by atoms with Crippen LogP contribution in [0.1, 0.15) is 17.3 Å². The summed E-state index contributed by atoms with van der Waals surface area (Å²) >= 11 is 7.46. The number of hydrazine groups is 1. The Labute approximate surface area is 171 Å². The van der Waals surface area contributed by atoms with Gasteiger partial charge in [0, 0.05) is 18.2 Å². The first-order chi connectivity index (χ1) is 13.5. The van der Waals surface area contributed by atoms with Crippen LogP contribution in [0, 0.1) is 0 Å². The second-order valence-electron chi connectivity index (χ2n) is 5.91. The molecular weight excluding hydrogens is 398 g/mol. The number of nitrogens with one attached hydrogen (secondary N) is 2. The fourth-order valence-corrected chi connectivity index (χ4v) is 3.42. The maximum Gasteiger partial charge on any atom is 0.269 e. The number of carbonyl (C=O) groups is 2. The largest absolute Gasteiger partial charge is 0.305 e. The minimum atomic E-state index is -0.502. The topological polar surface area (TPSA) is 88.9 Å². The second kappa shape index (κ2) is 8.90. The average molecular weight is 416 g/mol. The summed E-state index contributed by atoms with van der Waals surface area (Å²) in [6, 6.07) is 16.0. The van der Waals surface area contributed by atoms with Gasteiger partial charge in [0.15, 0.2) is 11.0 Å². The van der Waals surface area contributed by atoms with Crippen LogP contribution in [-0.2, 0) is 11.8 Å². The molecule has 0 saturated heterocycles. The van der Waals surface area contributed by atoms with E-state index < -0.39 is 5.25 Å². The number of nitrogens with zero attached hydrogens (tertiary/aromatic N) is 3. The number of hydrogen-bond donors (Lipinski definition) is 2. The van der Waals surface area contributed by atoms with Gasteiger partial charge in [0.25, 0.3) is 11.8 Å². The third-order valence-electron chi connectivity index (χ3n) is 3.94. The van der Waals surface area contributed by atoms with E-state index in [9.17, 15) is 9.59 Å². The Morgan fingerprint density at radius 2 is 1.71 bits per heavy atom. The predicted octanol–water partition coefficient (Wildman–Crippen LogP) is 3.08. The van der Waals surface area contributed by atoms with E-state index >= 15 is 0 Å². The van der Waals surface area contributed by atoms with Crippen LogP contribution in [0.5, 0.6) is 0 Å². The molecule has 0 aliphatic carbocycles. The van der Waals surface area contributed by atoms with Crippen molar-refractivity contribution in [3.63, 3.8) is 0 Å². The normalized spacial score (nSPS) is 11.7. The number of hydrogen-bond acceptors (Lipinski definition) is 5. The quantitative estimate of drug-likeness (QED) is 0.493. The van der Waals surface area contributed by atoms with Crippen molar-refractivity contribution in [3.8, 4) is 11.4 Å². The van der Waals surface area contributed by atoms with Gasteiger partial charge in [-0.05, 0) is 31.2 Å². The maximum absolute atomic E-state index is 12.3. The van der Waals surface area contributed by atoms with Gasteiger partial charge in [-0.1, -0.05) is 53.7 Å². The maximum atomic E-state index is 12.3.